The van der Waals surface area contributed by atoms with Crippen LogP contribution in [0.25, 0.3) is 0 Å². The van der Waals surface area contributed by atoms with Crippen LogP contribution in [0.2, 0.25) is 0 Å². The Balaban J connectivity index is 2.09. The van der Waals surface area contributed by atoms with E-state index in [0.717, 1.165) is 12.1 Å². The van der Waals surface area contributed by atoms with E-state index in [4.69, 9.17) is 4.74 Å². The lowest BCUT2D eigenvalue weighted by Crippen LogP contribution is -2.29. The van der Waals surface area contributed by atoms with E-state index in [2.05, 4.69) is 10.3 Å². The lowest BCUT2D eigenvalue weighted by molar-refractivity contribution is -0.137. The fraction of sp³-hybridized carbons (Fsp3) is 0.353. The number of nitrogens with zero attached hydrogens (tertiary/aromatic N) is 1. The molecule has 0 aliphatic carbocycles. The molecule has 1 heterocycles. The molecule has 0 radical (unpaired) electrons. The zero-order valence-corrected chi connectivity index (χ0v) is 13.1. The van der Waals surface area contributed by atoms with Gasteiger partial charge in [0.1, 0.15) is 0 Å². The summed E-state index contributed by atoms with van der Waals surface area (Å²) in [5.74, 6) is 0. The summed E-state index contributed by atoms with van der Waals surface area (Å²) in [6.45, 7) is 0.360. The monoisotopic (exact) mass is 340 g/mol. The van der Waals surface area contributed by atoms with E-state index in [-0.39, 0.29) is 13.2 Å². The molecule has 0 amide bonds. The molecule has 130 valence electrons. The Hall–Kier alpha value is -1.96. The maximum absolute atomic E-state index is 12.9. The minimum Gasteiger partial charge on any atom is -0.387 e. The van der Waals surface area contributed by atoms with E-state index in [1.54, 1.807) is 30.6 Å². The third-order valence-electron chi connectivity index (χ3n) is 3.60. The normalized spacial score (nSPS) is 14.4. The van der Waals surface area contributed by atoms with Crippen LogP contribution in [0.4, 0.5) is 13.2 Å². The highest BCUT2D eigenvalue weighted by Gasteiger charge is 2.31. The number of alkyl halides is 3. The first-order chi connectivity index (χ1) is 11.4. The van der Waals surface area contributed by atoms with Crippen molar-refractivity contribution in [1.29, 1.82) is 0 Å². The van der Waals surface area contributed by atoms with Crippen molar-refractivity contribution in [2.24, 2.45) is 0 Å². The van der Waals surface area contributed by atoms with Gasteiger partial charge in [-0.15, -0.1) is 0 Å². The van der Waals surface area contributed by atoms with Gasteiger partial charge in [0.25, 0.3) is 0 Å². The predicted molar refractivity (Wildman–Crippen MR) is 83.3 cm³/mol. The van der Waals surface area contributed by atoms with Crippen molar-refractivity contribution < 1.29 is 23.0 Å². The van der Waals surface area contributed by atoms with Gasteiger partial charge in [-0.1, -0.05) is 12.1 Å². The molecule has 1 aromatic heterocycles. The van der Waals surface area contributed by atoms with Gasteiger partial charge in [0.15, 0.2) is 0 Å². The minimum atomic E-state index is -4.40. The van der Waals surface area contributed by atoms with E-state index in [1.807, 2.05) is 0 Å². The smallest absolute Gasteiger partial charge is 0.387 e. The number of aliphatic hydroxyl groups excluding tert-OH is 1. The van der Waals surface area contributed by atoms with Gasteiger partial charge < -0.3 is 15.2 Å². The van der Waals surface area contributed by atoms with E-state index in [0.29, 0.717) is 11.1 Å². The molecule has 0 saturated heterocycles. The average molecular weight is 340 g/mol. The van der Waals surface area contributed by atoms with Crippen LogP contribution < -0.4 is 5.32 Å². The van der Waals surface area contributed by atoms with E-state index < -0.39 is 23.9 Å². The number of ether oxygens (including phenoxy) is 1. The summed E-state index contributed by atoms with van der Waals surface area (Å²) < 4.78 is 43.7. The van der Waals surface area contributed by atoms with Crippen molar-refractivity contribution in [1.82, 2.24) is 10.3 Å². The van der Waals surface area contributed by atoms with Gasteiger partial charge in [0, 0.05) is 26.0 Å². The second-order valence-electron chi connectivity index (χ2n) is 5.34. The number of benzene rings is 1. The van der Waals surface area contributed by atoms with Crippen molar-refractivity contribution in [2.75, 3.05) is 20.3 Å². The maximum atomic E-state index is 12.9. The summed E-state index contributed by atoms with van der Waals surface area (Å²) >= 11 is 0. The highest BCUT2D eigenvalue weighted by Crippen LogP contribution is 2.31. The van der Waals surface area contributed by atoms with Crippen molar-refractivity contribution in [3.63, 3.8) is 0 Å². The fourth-order valence-corrected chi connectivity index (χ4v) is 2.33. The number of halogens is 3. The Labute approximate surface area is 138 Å². The zero-order chi connectivity index (χ0) is 17.6. The molecule has 2 atom stereocenters. The van der Waals surface area contributed by atoms with Gasteiger partial charge in [0.05, 0.1) is 24.3 Å². The highest BCUT2D eigenvalue weighted by atomic mass is 19.4. The van der Waals surface area contributed by atoms with Crippen molar-refractivity contribution in [2.45, 2.75) is 18.3 Å². The molecule has 1 aromatic carbocycles. The highest BCUT2D eigenvalue weighted by molar-refractivity contribution is 5.28. The number of aliphatic hydroxyl groups is 1. The summed E-state index contributed by atoms with van der Waals surface area (Å²) in [7, 11) is 1.47. The second kappa shape index (κ2) is 8.23. The summed E-state index contributed by atoms with van der Waals surface area (Å²) in [5.41, 5.74) is 0.420. The summed E-state index contributed by atoms with van der Waals surface area (Å²) in [6, 6.07) is 7.99. The Morgan fingerprint density at radius 2 is 1.88 bits per heavy atom. The first-order valence-corrected chi connectivity index (χ1v) is 7.39. The predicted octanol–water partition coefficient (Wildman–Crippen LogP) is 3.11. The molecular formula is C17H19F3N2O2. The van der Waals surface area contributed by atoms with Crippen LogP contribution in [0, 0.1) is 0 Å². The number of hydrogen-bond acceptors (Lipinski definition) is 4. The largest absolute Gasteiger partial charge is 0.416 e. The lowest BCUT2D eigenvalue weighted by Gasteiger charge is -2.21. The molecule has 4 nitrogen and oxygen atoms in total. The molecule has 0 aliphatic heterocycles. The van der Waals surface area contributed by atoms with Crippen LogP contribution >= 0.6 is 0 Å². The van der Waals surface area contributed by atoms with Gasteiger partial charge in [-0.25, -0.2) is 0 Å². The van der Waals surface area contributed by atoms with Crippen LogP contribution in [0.1, 0.15) is 28.8 Å². The first-order valence-electron chi connectivity index (χ1n) is 7.39. The van der Waals surface area contributed by atoms with Crippen molar-refractivity contribution >= 4 is 0 Å². The first kappa shape index (κ1) is 18.4. The standard InChI is InChI=1S/C17H19F3N2O2/c1-24-11-15(13-3-2-4-14(9-13)17(18,19)20)22-10-16(23)12-5-7-21-8-6-12/h2-9,15-16,22-23H,10-11H2,1H3. The lowest BCUT2D eigenvalue weighted by atomic mass is 10.0. The molecule has 2 aromatic rings. The van der Waals surface area contributed by atoms with E-state index in [9.17, 15) is 18.3 Å². The second-order valence-corrected chi connectivity index (χ2v) is 5.34. The van der Waals surface area contributed by atoms with Crippen LogP contribution in [-0.2, 0) is 10.9 Å². The topological polar surface area (TPSA) is 54.4 Å². The molecule has 0 fully saturated rings. The molecule has 0 bridgehead atoms. The van der Waals surface area contributed by atoms with Crippen molar-refractivity contribution in [3.8, 4) is 0 Å². The van der Waals surface area contributed by atoms with Gasteiger partial charge >= 0.3 is 6.18 Å². The number of hydrogen-bond donors (Lipinski definition) is 2. The van der Waals surface area contributed by atoms with Crippen LogP contribution in [0.5, 0.6) is 0 Å². The average Bonchev–Trinajstić information content (AvgIpc) is 2.58. The molecule has 0 spiro atoms. The maximum Gasteiger partial charge on any atom is 0.416 e. The minimum absolute atomic E-state index is 0.175. The van der Waals surface area contributed by atoms with Crippen LogP contribution in [-0.4, -0.2) is 30.4 Å². The van der Waals surface area contributed by atoms with Crippen LogP contribution in [0.3, 0.4) is 0 Å². The number of pyridine rings is 1. The van der Waals surface area contributed by atoms with E-state index in [1.165, 1.54) is 13.2 Å². The Morgan fingerprint density at radius 3 is 2.50 bits per heavy atom. The Kier molecular flexibility index (Phi) is 6.30. The van der Waals surface area contributed by atoms with Crippen LogP contribution in [0.15, 0.2) is 48.8 Å². The number of aromatic nitrogens is 1. The number of nitrogens with one attached hydrogen (secondary N) is 1. The van der Waals surface area contributed by atoms with E-state index >= 15 is 0 Å². The molecule has 2 N–H and O–H groups in total. The van der Waals surface area contributed by atoms with Gasteiger partial charge in [-0.3, -0.25) is 4.98 Å². The SMILES string of the molecule is COCC(NCC(O)c1ccncc1)c1cccc(C(F)(F)F)c1. The Morgan fingerprint density at radius 1 is 1.17 bits per heavy atom. The molecular weight excluding hydrogens is 321 g/mol. The van der Waals surface area contributed by atoms with Crippen molar-refractivity contribution in [3.05, 3.63) is 65.5 Å². The number of rotatable bonds is 7. The Bertz CT molecular complexity index is 635. The third-order valence-corrected chi connectivity index (χ3v) is 3.60. The summed E-state index contributed by atoms with van der Waals surface area (Å²) in [5, 5.41) is 13.2. The van der Waals surface area contributed by atoms with Gasteiger partial charge in [0.2, 0.25) is 0 Å². The molecule has 24 heavy (non-hydrogen) atoms. The fourth-order valence-electron chi connectivity index (χ4n) is 2.33. The van der Waals surface area contributed by atoms with Gasteiger partial charge in [-0.05, 0) is 35.4 Å². The molecule has 2 rings (SSSR count). The molecule has 0 aliphatic rings. The quantitative estimate of drug-likeness (QED) is 0.813. The molecule has 2 unspecified atom stereocenters. The third kappa shape index (κ3) is 5.02. The van der Waals surface area contributed by atoms with Gasteiger partial charge in [-0.2, -0.15) is 13.2 Å². The summed E-state index contributed by atoms with van der Waals surface area (Å²) in [6.07, 6.45) is -2.06. The zero-order valence-electron chi connectivity index (χ0n) is 13.1. The molecule has 7 heteroatoms. The number of methoxy groups -OCH3 is 1. The summed E-state index contributed by atoms with van der Waals surface area (Å²) in [4.78, 5) is 3.87. The molecule has 0 saturated carbocycles.